The lowest BCUT2D eigenvalue weighted by molar-refractivity contribution is 0.102. The van der Waals surface area contributed by atoms with E-state index in [-0.39, 0.29) is 11.3 Å². The number of fused-ring (bicyclic) bond motifs is 1. The zero-order chi connectivity index (χ0) is 18.0. The van der Waals surface area contributed by atoms with Crippen LogP contribution in [0.5, 0.6) is 5.75 Å². The SMILES string of the molecule is COc1cc(C(C)(C)C)ccc1C(=O)Nc1ccc2c(c1)CCNC2. The Balaban J connectivity index is 1.83. The summed E-state index contributed by atoms with van der Waals surface area (Å²) in [5.74, 6) is 0.457. The summed E-state index contributed by atoms with van der Waals surface area (Å²) in [6, 6.07) is 11.9. The normalized spacial score (nSPS) is 13.9. The fraction of sp³-hybridized carbons (Fsp3) is 0.381. The monoisotopic (exact) mass is 338 g/mol. The number of carbonyl (C=O) groups excluding carboxylic acids is 1. The van der Waals surface area contributed by atoms with Crippen LogP contribution in [0.25, 0.3) is 0 Å². The molecule has 0 radical (unpaired) electrons. The Morgan fingerprint density at radius 1 is 1.12 bits per heavy atom. The molecule has 0 aliphatic carbocycles. The minimum absolute atomic E-state index is 0.00874. The van der Waals surface area contributed by atoms with Gasteiger partial charge in [-0.3, -0.25) is 4.79 Å². The number of hydrogen-bond donors (Lipinski definition) is 2. The van der Waals surface area contributed by atoms with E-state index in [1.54, 1.807) is 7.11 Å². The molecule has 0 unspecified atom stereocenters. The highest BCUT2D eigenvalue weighted by Crippen LogP contribution is 2.29. The predicted molar refractivity (Wildman–Crippen MR) is 101 cm³/mol. The van der Waals surface area contributed by atoms with Gasteiger partial charge < -0.3 is 15.4 Å². The quantitative estimate of drug-likeness (QED) is 0.893. The standard InChI is InChI=1S/C21H26N2O2/c1-21(2,3)16-6-8-18(19(12-16)25-4)20(24)23-17-7-5-15-13-22-10-9-14(15)11-17/h5-8,11-12,22H,9-10,13H2,1-4H3,(H,23,24). The molecule has 0 fully saturated rings. The van der Waals surface area contributed by atoms with Gasteiger partial charge in [0, 0.05) is 12.2 Å². The number of ether oxygens (including phenoxy) is 1. The predicted octanol–water partition coefficient (Wildman–Crippen LogP) is 3.89. The first-order valence-corrected chi connectivity index (χ1v) is 8.71. The van der Waals surface area contributed by atoms with Gasteiger partial charge in [0.15, 0.2) is 0 Å². The van der Waals surface area contributed by atoms with Crippen molar-refractivity contribution in [1.82, 2.24) is 5.32 Å². The topological polar surface area (TPSA) is 50.4 Å². The second kappa shape index (κ2) is 6.89. The van der Waals surface area contributed by atoms with Crippen molar-refractivity contribution in [1.29, 1.82) is 0 Å². The summed E-state index contributed by atoms with van der Waals surface area (Å²) in [7, 11) is 1.60. The largest absolute Gasteiger partial charge is 0.496 e. The lowest BCUT2D eigenvalue weighted by Gasteiger charge is -2.21. The minimum atomic E-state index is -0.147. The van der Waals surface area contributed by atoms with Gasteiger partial charge in [0.2, 0.25) is 0 Å². The Labute approximate surface area is 149 Å². The fourth-order valence-electron chi connectivity index (χ4n) is 3.10. The zero-order valence-electron chi connectivity index (χ0n) is 15.4. The highest BCUT2D eigenvalue weighted by Gasteiger charge is 2.19. The summed E-state index contributed by atoms with van der Waals surface area (Å²) >= 11 is 0. The van der Waals surface area contributed by atoms with Crippen LogP contribution in [-0.4, -0.2) is 19.6 Å². The molecule has 3 rings (SSSR count). The molecule has 0 spiro atoms. The van der Waals surface area contributed by atoms with Crippen LogP contribution in [-0.2, 0) is 18.4 Å². The van der Waals surface area contributed by atoms with Crippen LogP contribution in [0.4, 0.5) is 5.69 Å². The molecule has 1 amide bonds. The molecule has 0 saturated heterocycles. The second-order valence-corrected chi connectivity index (χ2v) is 7.53. The number of carbonyl (C=O) groups is 1. The number of nitrogens with one attached hydrogen (secondary N) is 2. The van der Waals surface area contributed by atoms with Crippen molar-refractivity contribution in [2.45, 2.75) is 39.2 Å². The number of benzene rings is 2. The summed E-state index contributed by atoms with van der Waals surface area (Å²) in [6.07, 6.45) is 0.989. The van der Waals surface area contributed by atoms with Crippen LogP contribution in [0.3, 0.4) is 0 Å². The van der Waals surface area contributed by atoms with E-state index in [1.807, 2.05) is 24.3 Å². The average molecular weight is 338 g/mol. The summed E-state index contributed by atoms with van der Waals surface area (Å²) in [5, 5.41) is 6.36. The highest BCUT2D eigenvalue weighted by atomic mass is 16.5. The van der Waals surface area contributed by atoms with Gasteiger partial charge in [-0.05, 0) is 59.3 Å². The maximum atomic E-state index is 12.7. The number of anilines is 1. The van der Waals surface area contributed by atoms with E-state index in [4.69, 9.17) is 4.74 Å². The van der Waals surface area contributed by atoms with Crippen molar-refractivity contribution in [2.75, 3.05) is 19.0 Å². The zero-order valence-corrected chi connectivity index (χ0v) is 15.4. The van der Waals surface area contributed by atoms with E-state index in [9.17, 15) is 4.79 Å². The Kier molecular flexibility index (Phi) is 4.82. The second-order valence-electron chi connectivity index (χ2n) is 7.53. The van der Waals surface area contributed by atoms with Crippen molar-refractivity contribution < 1.29 is 9.53 Å². The maximum Gasteiger partial charge on any atom is 0.259 e. The molecule has 4 nitrogen and oxygen atoms in total. The third kappa shape index (κ3) is 3.85. The van der Waals surface area contributed by atoms with Crippen molar-refractivity contribution >= 4 is 11.6 Å². The van der Waals surface area contributed by atoms with Crippen molar-refractivity contribution in [2.24, 2.45) is 0 Å². The third-order valence-electron chi connectivity index (χ3n) is 4.66. The molecule has 2 N–H and O–H groups in total. The molecule has 0 atom stereocenters. The van der Waals surface area contributed by atoms with E-state index in [0.29, 0.717) is 11.3 Å². The van der Waals surface area contributed by atoms with Gasteiger partial charge in [0.05, 0.1) is 12.7 Å². The molecule has 1 heterocycles. The molecular formula is C21H26N2O2. The molecule has 2 aromatic rings. The fourth-order valence-corrected chi connectivity index (χ4v) is 3.10. The molecular weight excluding hydrogens is 312 g/mol. The molecule has 0 bridgehead atoms. The lowest BCUT2D eigenvalue weighted by atomic mass is 9.86. The van der Waals surface area contributed by atoms with Gasteiger partial charge in [0.1, 0.15) is 5.75 Å². The van der Waals surface area contributed by atoms with E-state index in [2.05, 4.69) is 43.5 Å². The molecule has 0 aromatic heterocycles. The van der Waals surface area contributed by atoms with Crippen LogP contribution in [0.2, 0.25) is 0 Å². The summed E-state index contributed by atoms with van der Waals surface area (Å²) in [6.45, 7) is 8.30. The summed E-state index contributed by atoms with van der Waals surface area (Å²) in [5.41, 5.74) is 5.13. The van der Waals surface area contributed by atoms with Crippen molar-refractivity contribution in [3.8, 4) is 5.75 Å². The van der Waals surface area contributed by atoms with Crippen LogP contribution in [0.1, 0.15) is 47.8 Å². The lowest BCUT2D eigenvalue weighted by Crippen LogP contribution is -2.23. The molecule has 0 saturated carbocycles. The smallest absolute Gasteiger partial charge is 0.259 e. The van der Waals surface area contributed by atoms with E-state index in [1.165, 1.54) is 11.1 Å². The van der Waals surface area contributed by atoms with Crippen molar-refractivity contribution in [3.05, 3.63) is 58.7 Å². The molecule has 1 aliphatic rings. The summed E-state index contributed by atoms with van der Waals surface area (Å²) < 4.78 is 5.46. The van der Waals surface area contributed by atoms with E-state index >= 15 is 0 Å². The molecule has 25 heavy (non-hydrogen) atoms. The number of amides is 1. The van der Waals surface area contributed by atoms with Crippen LogP contribution >= 0.6 is 0 Å². The van der Waals surface area contributed by atoms with E-state index in [0.717, 1.165) is 30.8 Å². The Morgan fingerprint density at radius 2 is 1.92 bits per heavy atom. The minimum Gasteiger partial charge on any atom is -0.496 e. The highest BCUT2D eigenvalue weighted by molar-refractivity contribution is 6.06. The van der Waals surface area contributed by atoms with Gasteiger partial charge in [-0.15, -0.1) is 0 Å². The van der Waals surface area contributed by atoms with Gasteiger partial charge in [-0.1, -0.05) is 32.9 Å². The molecule has 2 aromatic carbocycles. The first-order chi connectivity index (χ1) is 11.9. The van der Waals surface area contributed by atoms with Gasteiger partial charge >= 0.3 is 0 Å². The third-order valence-corrected chi connectivity index (χ3v) is 4.66. The van der Waals surface area contributed by atoms with Gasteiger partial charge in [-0.25, -0.2) is 0 Å². The van der Waals surface area contributed by atoms with Crippen LogP contribution < -0.4 is 15.4 Å². The number of hydrogen-bond acceptors (Lipinski definition) is 3. The van der Waals surface area contributed by atoms with E-state index < -0.39 is 0 Å². The van der Waals surface area contributed by atoms with Gasteiger partial charge in [-0.2, -0.15) is 0 Å². The maximum absolute atomic E-state index is 12.7. The van der Waals surface area contributed by atoms with Gasteiger partial charge in [0.25, 0.3) is 5.91 Å². The Morgan fingerprint density at radius 3 is 2.64 bits per heavy atom. The van der Waals surface area contributed by atoms with Crippen LogP contribution in [0, 0.1) is 0 Å². The Hall–Kier alpha value is -2.33. The van der Waals surface area contributed by atoms with Crippen molar-refractivity contribution in [3.63, 3.8) is 0 Å². The first-order valence-electron chi connectivity index (χ1n) is 8.71. The molecule has 4 heteroatoms. The molecule has 132 valence electrons. The number of rotatable bonds is 3. The van der Waals surface area contributed by atoms with Crippen LogP contribution in [0.15, 0.2) is 36.4 Å². The first kappa shape index (κ1) is 17.5. The number of methoxy groups -OCH3 is 1. The molecule has 1 aliphatic heterocycles. The summed E-state index contributed by atoms with van der Waals surface area (Å²) in [4.78, 5) is 12.7. The Bertz CT molecular complexity index is 791. The average Bonchev–Trinajstić information content (AvgIpc) is 2.60.